The molecule has 0 radical (unpaired) electrons. The van der Waals surface area contributed by atoms with Gasteiger partial charge in [-0.05, 0) is 42.8 Å². The lowest BCUT2D eigenvalue weighted by Gasteiger charge is -2.08. The van der Waals surface area contributed by atoms with Crippen molar-refractivity contribution in [2.24, 2.45) is 5.16 Å². The van der Waals surface area contributed by atoms with Gasteiger partial charge in [-0.3, -0.25) is 0 Å². The van der Waals surface area contributed by atoms with Gasteiger partial charge in [-0.1, -0.05) is 41.0 Å². The molecule has 6 nitrogen and oxygen atoms in total. The number of benzene rings is 2. The van der Waals surface area contributed by atoms with Crippen molar-refractivity contribution >= 4 is 34.2 Å². The van der Waals surface area contributed by atoms with Crippen molar-refractivity contribution < 1.29 is 19.5 Å². The highest BCUT2D eigenvalue weighted by Gasteiger charge is 2.14. The molecule has 1 heterocycles. The lowest BCUT2D eigenvalue weighted by molar-refractivity contribution is -0.135. The van der Waals surface area contributed by atoms with Crippen LogP contribution in [0.5, 0.6) is 5.75 Å². The first-order valence-electron chi connectivity index (χ1n) is 8.74. The SMILES string of the molecule is CCOC(=O)/C(Cc1ccc(OCc2ccc3ccc(Cl)cc3n2)cc1)=N\O. The van der Waals surface area contributed by atoms with Crippen molar-refractivity contribution in [1.82, 2.24) is 4.98 Å². The second kappa shape index (κ2) is 9.19. The topological polar surface area (TPSA) is 81.0 Å². The van der Waals surface area contributed by atoms with Gasteiger partial charge in [-0.2, -0.15) is 0 Å². The Morgan fingerprint density at radius 1 is 1.14 bits per heavy atom. The highest BCUT2D eigenvalue weighted by molar-refractivity contribution is 6.36. The first kappa shape index (κ1) is 19.6. The number of pyridine rings is 1. The Kier molecular flexibility index (Phi) is 6.45. The maximum atomic E-state index is 11.7. The van der Waals surface area contributed by atoms with E-state index in [4.69, 9.17) is 26.3 Å². The van der Waals surface area contributed by atoms with Gasteiger partial charge in [-0.25, -0.2) is 9.78 Å². The summed E-state index contributed by atoms with van der Waals surface area (Å²) < 4.78 is 10.6. The number of carbonyl (C=O) groups is 1. The molecule has 0 bridgehead atoms. The molecule has 0 unspecified atom stereocenters. The fourth-order valence-corrected chi connectivity index (χ4v) is 2.80. The molecule has 0 atom stereocenters. The minimum Gasteiger partial charge on any atom is -0.487 e. The summed E-state index contributed by atoms with van der Waals surface area (Å²) in [4.78, 5) is 16.2. The number of carbonyl (C=O) groups excluding carboxylic acids is 1. The number of rotatable bonds is 7. The van der Waals surface area contributed by atoms with E-state index in [-0.39, 0.29) is 18.7 Å². The van der Waals surface area contributed by atoms with Gasteiger partial charge in [0.2, 0.25) is 0 Å². The number of fused-ring (bicyclic) bond motifs is 1. The fourth-order valence-electron chi connectivity index (χ4n) is 2.63. The number of ether oxygens (including phenoxy) is 2. The van der Waals surface area contributed by atoms with Gasteiger partial charge in [0, 0.05) is 16.8 Å². The van der Waals surface area contributed by atoms with E-state index in [1.165, 1.54) is 0 Å². The number of nitrogens with zero attached hydrogens (tertiary/aromatic N) is 2. The van der Waals surface area contributed by atoms with Crippen LogP contribution in [-0.2, 0) is 22.6 Å². The molecule has 144 valence electrons. The lowest BCUT2D eigenvalue weighted by atomic mass is 10.1. The summed E-state index contributed by atoms with van der Waals surface area (Å²) in [5, 5.41) is 13.7. The first-order valence-corrected chi connectivity index (χ1v) is 9.12. The summed E-state index contributed by atoms with van der Waals surface area (Å²) >= 11 is 6.02. The number of hydrogen-bond acceptors (Lipinski definition) is 6. The molecular formula is C21H19ClN2O4. The minimum atomic E-state index is -0.632. The van der Waals surface area contributed by atoms with E-state index >= 15 is 0 Å². The average Bonchev–Trinajstić information content (AvgIpc) is 2.71. The van der Waals surface area contributed by atoms with Crippen LogP contribution in [0.4, 0.5) is 0 Å². The maximum absolute atomic E-state index is 11.7. The predicted molar refractivity (Wildman–Crippen MR) is 107 cm³/mol. The smallest absolute Gasteiger partial charge is 0.356 e. The summed E-state index contributed by atoms with van der Waals surface area (Å²) in [7, 11) is 0. The quantitative estimate of drug-likeness (QED) is 0.276. The van der Waals surface area contributed by atoms with Crippen LogP contribution in [0.15, 0.2) is 59.8 Å². The molecule has 0 aliphatic heterocycles. The third-order valence-electron chi connectivity index (χ3n) is 4.03. The normalized spacial score (nSPS) is 11.4. The van der Waals surface area contributed by atoms with Crippen LogP contribution in [0.1, 0.15) is 18.2 Å². The molecule has 0 fully saturated rings. The van der Waals surface area contributed by atoms with Crippen molar-refractivity contribution in [2.45, 2.75) is 20.0 Å². The molecule has 0 aliphatic carbocycles. The molecule has 3 rings (SSSR count). The van der Waals surface area contributed by atoms with Crippen LogP contribution >= 0.6 is 11.6 Å². The Morgan fingerprint density at radius 3 is 2.61 bits per heavy atom. The van der Waals surface area contributed by atoms with Gasteiger partial charge in [0.05, 0.1) is 17.8 Å². The van der Waals surface area contributed by atoms with E-state index in [0.29, 0.717) is 17.4 Å². The molecular weight excluding hydrogens is 380 g/mol. The molecule has 0 amide bonds. The summed E-state index contributed by atoms with van der Waals surface area (Å²) in [6, 6.07) is 16.6. The molecule has 1 aromatic heterocycles. The molecule has 28 heavy (non-hydrogen) atoms. The van der Waals surface area contributed by atoms with Gasteiger partial charge in [0.1, 0.15) is 12.4 Å². The third-order valence-corrected chi connectivity index (χ3v) is 4.26. The van der Waals surface area contributed by atoms with Crippen LogP contribution in [0, 0.1) is 0 Å². The Labute approximate surface area is 167 Å². The zero-order chi connectivity index (χ0) is 19.9. The van der Waals surface area contributed by atoms with Crippen LogP contribution < -0.4 is 4.74 Å². The fraction of sp³-hybridized carbons (Fsp3) is 0.190. The van der Waals surface area contributed by atoms with Crippen molar-refractivity contribution in [3.05, 3.63) is 70.9 Å². The third kappa shape index (κ3) is 4.98. The molecule has 1 N–H and O–H groups in total. The zero-order valence-corrected chi connectivity index (χ0v) is 16.0. The zero-order valence-electron chi connectivity index (χ0n) is 15.3. The highest BCUT2D eigenvalue weighted by Crippen LogP contribution is 2.19. The Hall–Kier alpha value is -3.12. The Bertz CT molecular complexity index is 1000. The van der Waals surface area contributed by atoms with Crippen molar-refractivity contribution in [1.29, 1.82) is 0 Å². The molecule has 0 saturated carbocycles. The highest BCUT2D eigenvalue weighted by atomic mass is 35.5. The number of oxime groups is 1. The number of hydrogen-bond donors (Lipinski definition) is 1. The summed E-state index contributed by atoms with van der Waals surface area (Å²) in [6.07, 6.45) is 0.169. The number of halogens is 1. The summed E-state index contributed by atoms with van der Waals surface area (Å²) in [5.74, 6) is 0.0307. The van der Waals surface area contributed by atoms with E-state index in [9.17, 15) is 4.79 Å². The molecule has 0 spiro atoms. The Morgan fingerprint density at radius 2 is 1.89 bits per heavy atom. The van der Waals surface area contributed by atoms with E-state index in [2.05, 4.69) is 10.1 Å². The maximum Gasteiger partial charge on any atom is 0.356 e. The van der Waals surface area contributed by atoms with Crippen molar-refractivity contribution in [3.63, 3.8) is 0 Å². The standard InChI is InChI=1S/C21H19ClN2O4/c1-2-27-21(25)20(24-26)11-14-3-9-18(10-4-14)28-13-17-8-6-15-5-7-16(22)12-19(15)23-17/h3-10,12,26H,2,11,13H2,1H3/b24-20-. The number of esters is 1. The second-order valence-corrected chi connectivity index (χ2v) is 6.45. The first-order chi connectivity index (χ1) is 13.6. The van der Waals surface area contributed by atoms with E-state index in [1.807, 2.05) is 30.3 Å². The lowest BCUT2D eigenvalue weighted by Crippen LogP contribution is -2.20. The van der Waals surface area contributed by atoms with Crippen LogP contribution in [0.25, 0.3) is 10.9 Å². The van der Waals surface area contributed by atoms with Crippen molar-refractivity contribution in [3.8, 4) is 5.75 Å². The van der Waals surface area contributed by atoms with Crippen LogP contribution in [-0.4, -0.2) is 28.5 Å². The summed E-state index contributed by atoms with van der Waals surface area (Å²) in [6.45, 7) is 2.23. The van der Waals surface area contributed by atoms with E-state index in [0.717, 1.165) is 22.2 Å². The average molecular weight is 399 g/mol. The Balaban J connectivity index is 1.62. The summed E-state index contributed by atoms with van der Waals surface area (Å²) in [5.41, 5.74) is 2.36. The van der Waals surface area contributed by atoms with Gasteiger partial charge < -0.3 is 14.7 Å². The minimum absolute atomic E-state index is 0.0467. The second-order valence-electron chi connectivity index (χ2n) is 6.02. The largest absolute Gasteiger partial charge is 0.487 e. The molecule has 2 aromatic carbocycles. The van der Waals surface area contributed by atoms with Crippen molar-refractivity contribution in [2.75, 3.05) is 6.61 Å². The molecule has 0 saturated heterocycles. The van der Waals surface area contributed by atoms with Gasteiger partial charge in [0.25, 0.3) is 0 Å². The van der Waals surface area contributed by atoms with Gasteiger partial charge >= 0.3 is 5.97 Å². The predicted octanol–water partition coefficient (Wildman–Crippen LogP) is 4.40. The van der Waals surface area contributed by atoms with Crippen LogP contribution in [0.3, 0.4) is 0 Å². The van der Waals surface area contributed by atoms with Gasteiger partial charge in [-0.15, -0.1) is 0 Å². The van der Waals surface area contributed by atoms with E-state index in [1.54, 1.807) is 31.2 Å². The monoisotopic (exact) mass is 398 g/mol. The van der Waals surface area contributed by atoms with Gasteiger partial charge in [0.15, 0.2) is 5.71 Å². The number of aromatic nitrogens is 1. The molecule has 0 aliphatic rings. The van der Waals surface area contributed by atoms with Crippen LogP contribution in [0.2, 0.25) is 5.02 Å². The molecule has 3 aromatic rings. The van der Waals surface area contributed by atoms with E-state index < -0.39 is 5.97 Å². The molecule has 7 heteroatoms.